The van der Waals surface area contributed by atoms with Crippen molar-refractivity contribution in [1.82, 2.24) is 5.43 Å². The van der Waals surface area contributed by atoms with Crippen molar-refractivity contribution >= 4 is 33.9 Å². The van der Waals surface area contributed by atoms with Crippen molar-refractivity contribution in [2.45, 2.75) is 25.7 Å². The van der Waals surface area contributed by atoms with E-state index in [-0.39, 0.29) is 11.7 Å². The van der Waals surface area contributed by atoms with Crippen LogP contribution in [0.25, 0.3) is 21.7 Å². The molecule has 0 fully saturated rings. The van der Waals surface area contributed by atoms with Crippen molar-refractivity contribution < 1.29 is 14.3 Å². The van der Waals surface area contributed by atoms with Crippen LogP contribution >= 0.6 is 0 Å². The van der Waals surface area contributed by atoms with Crippen molar-refractivity contribution in [3.8, 4) is 5.75 Å². The number of aryl methyl sites for hydroxylation is 2. The Morgan fingerprint density at radius 1 is 1.03 bits per heavy atom. The van der Waals surface area contributed by atoms with E-state index < -0.39 is 0 Å². The molecule has 0 spiro atoms. The second-order valence-corrected chi connectivity index (χ2v) is 7.31. The molecule has 2 N–H and O–H groups in total. The first-order chi connectivity index (χ1) is 14.2. The van der Waals surface area contributed by atoms with E-state index in [1.54, 1.807) is 18.2 Å². The van der Waals surface area contributed by atoms with Gasteiger partial charge in [0.15, 0.2) is 0 Å². The topological polar surface area (TPSA) is 74.8 Å². The Labute approximate surface area is 167 Å². The maximum absolute atomic E-state index is 12.7. The molecular weight excluding hydrogens is 364 g/mol. The molecule has 144 valence electrons. The molecule has 5 nitrogen and oxygen atoms in total. The molecule has 5 rings (SSSR count). The second kappa shape index (κ2) is 7.09. The molecule has 4 aromatic rings. The number of hydrazone groups is 1. The molecule has 1 aromatic heterocycles. The summed E-state index contributed by atoms with van der Waals surface area (Å²) < 4.78 is 5.97. The monoisotopic (exact) mass is 384 g/mol. The lowest BCUT2D eigenvalue weighted by atomic mass is 9.94. The fraction of sp³-hybridized carbons (Fsp3) is 0.167. The van der Waals surface area contributed by atoms with Gasteiger partial charge in [-0.1, -0.05) is 36.4 Å². The summed E-state index contributed by atoms with van der Waals surface area (Å²) >= 11 is 0. The molecule has 0 radical (unpaired) electrons. The number of carbonyl (C=O) groups is 1. The van der Waals surface area contributed by atoms with Crippen LogP contribution in [0.2, 0.25) is 0 Å². The van der Waals surface area contributed by atoms with Crippen LogP contribution in [-0.4, -0.2) is 17.2 Å². The van der Waals surface area contributed by atoms with E-state index in [4.69, 9.17) is 4.42 Å². The maximum atomic E-state index is 12.7. The number of phenols is 1. The van der Waals surface area contributed by atoms with E-state index in [0.717, 1.165) is 58.7 Å². The van der Waals surface area contributed by atoms with Crippen LogP contribution in [0.3, 0.4) is 0 Å². The Balaban J connectivity index is 1.47. The fourth-order valence-electron chi connectivity index (χ4n) is 4.14. The largest absolute Gasteiger partial charge is 0.507 e. The lowest BCUT2D eigenvalue weighted by Crippen LogP contribution is -2.18. The Kier molecular flexibility index (Phi) is 4.28. The van der Waals surface area contributed by atoms with Crippen LogP contribution in [0.4, 0.5) is 0 Å². The molecule has 3 aromatic carbocycles. The van der Waals surface area contributed by atoms with E-state index in [1.807, 2.05) is 36.4 Å². The molecule has 0 bridgehead atoms. The van der Waals surface area contributed by atoms with Gasteiger partial charge in [0.25, 0.3) is 5.91 Å². The van der Waals surface area contributed by atoms with Gasteiger partial charge in [-0.3, -0.25) is 4.79 Å². The molecule has 29 heavy (non-hydrogen) atoms. The number of nitrogens with zero attached hydrogens (tertiary/aromatic N) is 1. The number of amides is 1. The number of hydrogen-bond acceptors (Lipinski definition) is 4. The Morgan fingerprint density at radius 2 is 1.86 bits per heavy atom. The van der Waals surface area contributed by atoms with Gasteiger partial charge in [0, 0.05) is 28.5 Å². The number of rotatable bonds is 3. The van der Waals surface area contributed by atoms with Gasteiger partial charge in [0.1, 0.15) is 17.1 Å². The lowest BCUT2D eigenvalue weighted by Gasteiger charge is -2.10. The summed E-state index contributed by atoms with van der Waals surface area (Å²) in [5, 5.41) is 17.3. The van der Waals surface area contributed by atoms with E-state index in [9.17, 15) is 9.90 Å². The third-order valence-corrected chi connectivity index (χ3v) is 5.53. The molecule has 0 saturated heterocycles. The van der Waals surface area contributed by atoms with Crippen LogP contribution in [0.5, 0.6) is 5.75 Å². The van der Waals surface area contributed by atoms with Crippen LogP contribution in [0.1, 0.15) is 40.1 Å². The minimum Gasteiger partial charge on any atom is -0.507 e. The van der Waals surface area contributed by atoms with E-state index >= 15 is 0 Å². The fourth-order valence-corrected chi connectivity index (χ4v) is 4.14. The van der Waals surface area contributed by atoms with Crippen molar-refractivity contribution in [2.75, 3.05) is 0 Å². The third kappa shape index (κ3) is 3.05. The summed E-state index contributed by atoms with van der Waals surface area (Å²) in [5.74, 6) is 0.820. The number of phenolic OH excluding ortho intramolecular Hbond substituents is 1. The number of furan rings is 1. The molecule has 0 unspecified atom stereocenters. The number of carbonyl (C=O) groups excluding carboxylic acids is 1. The zero-order valence-electron chi connectivity index (χ0n) is 15.8. The first-order valence-corrected chi connectivity index (χ1v) is 9.80. The number of aromatic hydroxyl groups is 1. The average molecular weight is 384 g/mol. The molecule has 1 aliphatic carbocycles. The maximum Gasteiger partial charge on any atom is 0.271 e. The third-order valence-electron chi connectivity index (χ3n) is 5.53. The van der Waals surface area contributed by atoms with Crippen LogP contribution < -0.4 is 5.43 Å². The number of benzene rings is 3. The summed E-state index contributed by atoms with van der Waals surface area (Å²) in [4.78, 5) is 12.7. The molecule has 0 saturated carbocycles. The summed E-state index contributed by atoms with van der Waals surface area (Å²) in [6.45, 7) is 0. The summed E-state index contributed by atoms with van der Waals surface area (Å²) in [7, 11) is 0. The first kappa shape index (κ1) is 17.5. The molecule has 1 aliphatic rings. The first-order valence-electron chi connectivity index (χ1n) is 9.80. The van der Waals surface area contributed by atoms with Gasteiger partial charge in [0.2, 0.25) is 0 Å². The quantitative estimate of drug-likeness (QED) is 0.388. The molecule has 1 heterocycles. The van der Waals surface area contributed by atoms with E-state index in [0.29, 0.717) is 11.1 Å². The Morgan fingerprint density at radius 3 is 2.79 bits per heavy atom. The summed E-state index contributed by atoms with van der Waals surface area (Å²) in [5.41, 5.74) is 5.62. The standard InChI is InChI=1S/C24H20N2O3/c27-20-12-13-22-23(18-9-3-4-11-21(18)29-22)19(20)14-25-26-24(28)17-10-5-7-15-6-1-2-8-16(15)17/h1-2,5-8,10,12-14,27H,3-4,9,11H2,(H,26,28)/b25-14-. The van der Waals surface area contributed by atoms with Gasteiger partial charge in [-0.05, 0) is 48.2 Å². The molecular formula is C24H20N2O3. The average Bonchev–Trinajstić information content (AvgIpc) is 3.13. The predicted octanol–water partition coefficient (Wildman–Crippen LogP) is 4.93. The molecule has 0 atom stereocenters. The van der Waals surface area contributed by atoms with Crippen molar-refractivity contribution in [3.63, 3.8) is 0 Å². The number of fused-ring (bicyclic) bond motifs is 4. The molecule has 0 aliphatic heterocycles. The smallest absolute Gasteiger partial charge is 0.271 e. The minimum atomic E-state index is -0.293. The van der Waals surface area contributed by atoms with Gasteiger partial charge >= 0.3 is 0 Å². The zero-order chi connectivity index (χ0) is 19.8. The van der Waals surface area contributed by atoms with Crippen molar-refractivity contribution in [3.05, 3.63) is 77.0 Å². The zero-order valence-corrected chi connectivity index (χ0v) is 15.8. The highest BCUT2D eigenvalue weighted by Gasteiger charge is 2.21. The van der Waals surface area contributed by atoms with Crippen molar-refractivity contribution in [2.24, 2.45) is 5.10 Å². The van der Waals surface area contributed by atoms with E-state index in [1.165, 1.54) is 6.21 Å². The predicted molar refractivity (Wildman–Crippen MR) is 114 cm³/mol. The van der Waals surface area contributed by atoms with Gasteiger partial charge in [-0.25, -0.2) is 5.43 Å². The highest BCUT2D eigenvalue weighted by molar-refractivity contribution is 6.08. The van der Waals surface area contributed by atoms with Gasteiger partial charge in [0.05, 0.1) is 6.21 Å². The van der Waals surface area contributed by atoms with Gasteiger partial charge in [-0.2, -0.15) is 5.10 Å². The number of hydrogen-bond donors (Lipinski definition) is 2. The molecule has 5 heteroatoms. The lowest BCUT2D eigenvalue weighted by molar-refractivity contribution is 0.0957. The van der Waals surface area contributed by atoms with E-state index in [2.05, 4.69) is 10.5 Å². The van der Waals surface area contributed by atoms with Gasteiger partial charge < -0.3 is 9.52 Å². The Hall–Kier alpha value is -3.60. The van der Waals surface area contributed by atoms with Crippen LogP contribution in [-0.2, 0) is 12.8 Å². The van der Waals surface area contributed by atoms with Crippen LogP contribution in [0.15, 0.2) is 64.1 Å². The summed E-state index contributed by atoms with van der Waals surface area (Å²) in [6.07, 6.45) is 5.56. The van der Waals surface area contributed by atoms with Gasteiger partial charge in [-0.15, -0.1) is 0 Å². The SMILES string of the molecule is O=C(N/N=C\c1c(O)ccc2oc3c(c12)CCCC3)c1cccc2ccccc12. The normalized spacial score (nSPS) is 13.8. The second-order valence-electron chi connectivity index (χ2n) is 7.31. The number of nitrogens with one attached hydrogen (secondary N) is 1. The van der Waals surface area contributed by atoms with Crippen LogP contribution in [0, 0.1) is 0 Å². The Bertz CT molecular complexity index is 1260. The summed E-state index contributed by atoms with van der Waals surface area (Å²) in [6, 6.07) is 16.7. The highest BCUT2D eigenvalue weighted by atomic mass is 16.3. The highest BCUT2D eigenvalue weighted by Crippen LogP contribution is 2.36. The van der Waals surface area contributed by atoms with Crippen molar-refractivity contribution in [1.29, 1.82) is 0 Å². The minimum absolute atomic E-state index is 0.120. The molecule has 1 amide bonds.